The molecule has 0 saturated carbocycles. The summed E-state index contributed by atoms with van der Waals surface area (Å²) in [5.41, 5.74) is 1.80. The lowest BCUT2D eigenvalue weighted by atomic mass is 10.1. The Bertz CT molecular complexity index is 991. The van der Waals surface area contributed by atoms with Gasteiger partial charge in [0, 0.05) is 5.69 Å². The smallest absolute Gasteiger partial charge is 0.263 e. The molecule has 0 radical (unpaired) electrons. The van der Waals surface area contributed by atoms with E-state index in [1.54, 1.807) is 12.1 Å². The zero-order valence-electron chi connectivity index (χ0n) is 14.9. The van der Waals surface area contributed by atoms with Crippen LogP contribution in [0.25, 0.3) is 0 Å². The summed E-state index contributed by atoms with van der Waals surface area (Å²) >= 11 is 0. The zero-order chi connectivity index (χ0) is 19.8. The maximum absolute atomic E-state index is 13.1. The average molecular weight is 381 g/mol. The first-order valence-electron chi connectivity index (χ1n) is 8.62. The molecule has 1 saturated heterocycles. The fourth-order valence-electron chi connectivity index (χ4n) is 3.25. The molecule has 142 valence electrons. The van der Waals surface area contributed by atoms with Crippen molar-refractivity contribution in [3.63, 3.8) is 0 Å². The number of anilines is 2. The van der Waals surface area contributed by atoms with Crippen molar-refractivity contribution in [3.8, 4) is 0 Å². The van der Waals surface area contributed by atoms with Gasteiger partial charge < -0.3 is 5.32 Å². The molecule has 2 heterocycles. The number of carbonyl (C=O) groups is 3. The molecule has 3 amide bonds. The van der Waals surface area contributed by atoms with E-state index in [0.717, 1.165) is 10.5 Å². The van der Waals surface area contributed by atoms with E-state index in [1.165, 1.54) is 29.3 Å². The molecule has 0 aliphatic carbocycles. The number of benzene rings is 2. The van der Waals surface area contributed by atoms with Gasteiger partial charge in [-0.3, -0.25) is 19.4 Å². The summed E-state index contributed by atoms with van der Waals surface area (Å²) in [6.07, 6.45) is 0. The molecule has 2 aliphatic rings. The number of halogens is 1. The van der Waals surface area contributed by atoms with Gasteiger partial charge in [-0.15, -0.1) is 0 Å². The third-order valence-corrected chi connectivity index (χ3v) is 4.67. The highest BCUT2D eigenvalue weighted by Crippen LogP contribution is 2.31. The number of hydrogen-bond acceptors (Lipinski definition) is 6. The lowest BCUT2D eigenvalue weighted by Gasteiger charge is -2.20. The fraction of sp³-hybridized carbons (Fsp3) is 0.211. The summed E-state index contributed by atoms with van der Waals surface area (Å²) in [4.78, 5) is 38.7. The molecule has 2 atom stereocenters. The minimum Gasteiger partial charge on any atom is -0.324 e. The van der Waals surface area contributed by atoms with Crippen LogP contribution in [0.5, 0.6) is 0 Å². The predicted molar refractivity (Wildman–Crippen MR) is 97.8 cm³/mol. The van der Waals surface area contributed by atoms with Crippen LogP contribution in [-0.2, 0) is 14.4 Å². The van der Waals surface area contributed by atoms with Crippen molar-refractivity contribution in [2.45, 2.75) is 19.0 Å². The minimum atomic E-state index is -1.01. The number of fused-ring (bicyclic) bond motifs is 1. The standard InChI is InChI=1S/C19H16FN5O3/c1-11-4-2-3-5-14(11)21-15(26)10-24-17-16(22-23-24)18(27)25(19(17)28)13-8-6-12(20)7-9-13/h2-9,16-17H,10H2,1H3,(H,21,26). The summed E-state index contributed by atoms with van der Waals surface area (Å²) in [5, 5.41) is 11.7. The molecule has 0 aromatic heterocycles. The second kappa shape index (κ2) is 6.84. The molecular weight excluding hydrogens is 365 g/mol. The van der Waals surface area contributed by atoms with E-state index >= 15 is 0 Å². The van der Waals surface area contributed by atoms with Crippen molar-refractivity contribution in [2.24, 2.45) is 10.3 Å². The van der Waals surface area contributed by atoms with Crippen molar-refractivity contribution in [1.29, 1.82) is 0 Å². The molecule has 0 bridgehead atoms. The molecule has 8 nitrogen and oxygen atoms in total. The van der Waals surface area contributed by atoms with Crippen LogP contribution in [0.3, 0.4) is 0 Å². The van der Waals surface area contributed by atoms with Gasteiger partial charge in [0.05, 0.1) is 5.69 Å². The van der Waals surface area contributed by atoms with Gasteiger partial charge in [-0.05, 0) is 42.8 Å². The van der Waals surface area contributed by atoms with Gasteiger partial charge in [0.25, 0.3) is 11.8 Å². The summed E-state index contributed by atoms with van der Waals surface area (Å²) in [7, 11) is 0. The highest BCUT2D eigenvalue weighted by Gasteiger charge is 2.55. The van der Waals surface area contributed by atoms with Crippen LogP contribution < -0.4 is 10.2 Å². The Morgan fingerprint density at radius 3 is 2.54 bits per heavy atom. The maximum Gasteiger partial charge on any atom is 0.263 e. The largest absolute Gasteiger partial charge is 0.324 e. The first-order chi connectivity index (χ1) is 13.5. The summed E-state index contributed by atoms with van der Waals surface area (Å²) in [6, 6.07) is 10.3. The minimum absolute atomic E-state index is 0.227. The van der Waals surface area contributed by atoms with Crippen LogP contribution >= 0.6 is 0 Å². The Morgan fingerprint density at radius 2 is 1.82 bits per heavy atom. The molecule has 4 rings (SSSR count). The van der Waals surface area contributed by atoms with E-state index in [9.17, 15) is 18.8 Å². The Morgan fingerprint density at radius 1 is 1.11 bits per heavy atom. The Labute approximate surface area is 159 Å². The third-order valence-electron chi connectivity index (χ3n) is 4.67. The number of imide groups is 1. The highest BCUT2D eigenvalue weighted by molar-refractivity contribution is 6.25. The highest BCUT2D eigenvalue weighted by atomic mass is 19.1. The van der Waals surface area contributed by atoms with Crippen LogP contribution in [0.1, 0.15) is 5.56 Å². The Balaban J connectivity index is 1.49. The molecule has 2 unspecified atom stereocenters. The number of hydrogen-bond donors (Lipinski definition) is 1. The first kappa shape index (κ1) is 17.8. The van der Waals surface area contributed by atoms with Crippen molar-refractivity contribution in [3.05, 3.63) is 59.9 Å². The fourth-order valence-corrected chi connectivity index (χ4v) is 3.25. The van der Waals surface area contributed by atoms with Crippen LogP contribution in [-0.4, -0.2) is 41.4 Å². The molecule has 28 heavy (non-hydrogen) atoms. The lowest BCUT2D eigenvalue weighted by Crippen LogP contribution is -2.43. The molecule has 0 spiro atoms. The van der Waals surface area contributed by atoms with Gasteiger partial charge in [0.2, 0.25) is 5.91 Å². The predicted octanol–water partition coefficient (Wildman–Crippen LogP) is 2.07. The topological polar surface area (TPSA) is 94.4 Å². The summed E-state index contributed by atoms with van der Waals surface area (Å²) in [6.45, 7) is 1.64. The summed E-state index contributed by atoms with van der Waals surface area (Å²) in [5.74, 6) is -1.95. The molecule has 2 aromatic rings. The van der Waals surface area contributed by atoms with E-state index in [4.69, 9.17) is 0 Å². The second-order valence-electron chi connectivity index (χ2n) is 6.54. The molecule has 2 aromatic carbocycles. The SMILES string of the molecule is Cc1ccccc1NC(=O)CN1N=NC2C(=O)N(c3ccc(F)cc3)C(=O)C21. The van der Waals surface area contributed by atoms with Crippen LogP contribution in [0.2, 0.25) is 0 Å². The number of nitrogens with one attached hydrogen (secondary N) is 1. The zero-order valence-corrected chi connectivity index (χ0v) is 14.9. The lowest BCUT2D eigenvalue weighted by molar-refractivity contribution is -0.123. The number of carbonyl (C=O) groups excluding carboxylic acids is 3. The van der Waals surface area contributed by atoms with Gasteiger partial charge in [-0.1, -0.05) is 23.4 Å². The van der Waals surface area contributed by atoms with Gasteiger partial charge in [-0.2, -0.15) is 5.11 Å². The van der Waals surface area contributed by atoms with Crippen molar-refractivity contribution in [1.82, 2.24) is 5.01 Å². The van der Waals surface area contributed by atoms with Crippen LogP contribution in [0.4, 0.5) is 15.8 Å². The normalized spacial score (nSPS) is 20.6. The van der Waals surface area contributed by atoms with Gasteiger partial charge in [0.1, 0.15) is 12.4 Å². The number of amides is 3. The molecule has 9 heteroatoms. The number of rotatable bonds is 4. The van der Waals surface area contributed by atoms with Crippen LogP contribution in [0.15, 0.2) is 58.9 Å². The number of aryl methyl sites for hydroxylation is 1. The first-order valence-corrected chi connectivity index (χ1v) is 8.62. The van der Waals surface area contributed by atoms with E-state index < -0.39 is 29.7 Å². The molecular formula is C19H16FN5O3. The summed E-state index contributed by atoms with van der Waals surface area (Å²) < 4.78 is 13.1. The maximum atomic E-state index is 13.1. The molecule has 1 N–H and O–H groups in total. The quantitative estimate of drug-likeness (QED) is 0.821. The third kappa shape index (κ3) is 3.00. The number of nitrogens with zero attached hydrogens (tertiary/aromatic N) is 4. The van der Waals surface area contributed by atoms with Crippen molar-refractivity contribution >= 4 is 29.1 Å². The number of para-hydroxylation sites is 1. The monoisotopic (exact) mass is 381 g/mol. The Hall–Kier alpha value is -3.62. The van der Waals surface area contributed by atoms with E-state index in [0.29, 0.717) is 5.69 Å². The van der Waals surface area contributed by atoms with E-state index in [1.807, 2.05) is 19.1 Å². The van der Waals surface area contributed by atoms with Crippen molar-refractivity contribution < 1.29 is 18.8 Å². The van der Waals surface area contributed by atoms with Gasteiger partial charge in [0.15, 0.2) is 12.1 Å². The van der Waals surface area contributed by atoms with E-state index in [2.05, 4.69) is 15.7 Å². The Kier molecular flexibility index (Phi) is 4.34. The van der Waals surface area contributed by atoms with Gasteiger partial charge >= 0.3 is 0 Å². The van der Waals surface area contributed by atoms with E-state index in [-0.39, 0.29) is 18.1 Å². The molecule has 1 fully saturated rings. The van der Waals surface area contributed by atoms with Gasteiger partial charge in [-0.25, -0.2) is 9.29 Å². The molecule has 2 aliphatic heterocycles. The average Bonchev–Trinajstić information content (AvgIpc) is 3.18. The van der Waals surface area contributed by atoms with Crippen molar-refractivity contribution in [2.75, 3.05) is 16.8 Å². The second-order valence-corrected chi connectivity index (χ2v) is 6.54. The van der Waals surface area contributed by atoms with Crippen LogP contribution in [0, 0.1) is 12.7 Å².